The number of carbonyl (C=O) groups is 1. The van der Waals surface area contributed by atoms with Crippen molar-refractivity contribution in [2.75, 3.05) is 5.32 Å². The minimum atomic E-state index is -4.41. The Morgan fingerprint density at radius 1 is 1.30 bits per heavy atom. The Hall–Kier alpha value is -2.31. The maximum Gasteiger partial charge on any atom is 0.416 e. The molecular weight excluding hydrogens is 271 g/mol. The predicted molar refractivity (Wildman–Crippen MR) is 65.1 cm³/mol. The summed E-state index contributed by atoms with van der Waals surface area (Å²) in [6, 6.07) is 3.35. The van der Waals surface area contributed by atoms with Gasteiger partial charge in [-0.2, -0.15) is 18.3 Å². The maximum absolute atomic E-state index is 12.8. The summed E-state index contributed by atoms with van der Waals surface area (Å²) < 4.78 is 38.4. The Kier molecular flexibility index (Phi) is 2.77. The Labute approximate surface area is 112 Å². The van der Waals surface area contributed by atoms with E-state index in [1.54, 1.807) is 6.20 Å². The molecule has 2 heterocycles. The van der Waals surface area contributed by atoms with E-state index in [1.165, 1.54) is 12.3 Å². The van der Waals surface area contributed by atoms with Gasteiger partial charge in [0.15, 0.2) is 0 Å². The molecule has 0 bridgehead atoms. The lowest BCUT2D eigenvalue weighted by atomic mass is 9.85. The summed E-state index contributed by atoms with van der Waals surface area (Å²) in [5.41, 5.74) is 0.850. The van der Waals surface area contributed by atoms with Crippen molar-refractivity contribution in [2.24, 2.45) is 0 Å². The largest absolute Gasteiger partial charge is 0.416 e. The summed E-state index contributed by atoms with van der Waals surface area (Å²) >= 11 is 0. The number of aromatic nitrogens is 2. The number of aromatic amines is 1. The zero-order valence-electron chi connectivity index (χ0n) is 10.2. The SMILES string of the molecule is O=C1CC(c2cn[nH]c2)c2cc(C(F)(F)F)ccc2N1. The Balaban J connectivity index is 2.11. The third-order valence-electron chi connectivity index (χ3n) is 3.34. The molecule has 1 unspecified atom stereocenters. The summed E-state index contributed by atoms with van der Waals surface area (Å²) in [5, 5.41) is 8.99. The zero-order chi connectivity index (χ0) is 14.3. The number of alkyl halides is 3. The fourth-order valence-electron chi connectivity index (χ4n) is 2.39. The maximum atomic E-state index is 12.8. The van der Waals surface area contributed by atoms with Gasteiger partial charge in [-0.1, -0.05) is 0 Å². The Morgan fingerprint density at radius 2 is 2.10 bits per heavy atom. The molecule has 2 aromatic rings. The topological polar surface area (TPSA) is 57.8 Å². The highest BCUT2D eigenvalue weighted by Crippen LogP contribution is 2.40. The van der Waals surface area contributed by atoms with E-state index in [9.17, 15) is 18.0 Å². The second-order valence-electron chi connectivity index (χ2n) is 4.64. The minimum absolute atomic E-state index is 0.105. The van der Waals surface area contributed by atoms with Gasteiger partial charge in [-0.15, -0.1) is 0 Å². The van der Waals surface area contributed by atoms with Crippen molar-refractivity contribution in [2.45, 2.75) is 18.5 Å². The van der Waals surface area contributed by atoms with Gasteiger partial charge in [-0.25, -0.2) is 0 Å². The normalized spacial score (nSPS) is 18.6. The summed E-state index contributed by atoms with van der Waals surface area (Å²) in [6.45, 7) is 0. The predicted octanol–water partition coefficient (Wildman–Crippen LogP) is 2.90. The number of nitrogens with one attached hydrogen (secondary N) is 2. The molecule has 2 N–H and O–H groups in total. The van der Waals surface area contributed by atoms with Gasteiger partial charge < -0.3 is 5.32 Å². The first-order chi connectivity index (χ1) is 9.45. The molecule has 1 aromatic heterocycles. The van der Waals surface area contributed by atoms with Crippen molar-refractivity contribution in [1.29, 1.82) is 0 Å². The third-order valence-corrected chi connectivity index (χ3v) is 3.34. The van der Waals surface area contributed by atoms with Gasteiger partial charge in [0.1, 0.15) is 0 Å². The number of anilines is 1. The molecule has 7 heteroatoms. The lowest BCUT2D eigenvalue weighted by Gasteiger charge is -2.25. The van der Waals surface area contributed by atoms with Crippen LogP contribution in [-0.2, 0) is 11.0 Å². The number of benzene rings is 1. The third kappa shape index (κ3) is 2.15. The number of hydrogen-bond acceptors (Lipinski definition) is 2. The molecule has 0 radical (unpaired) electrons. The quantitative estimate of drug-likeness (QED) is 0.844. The van der Waals surface area contributed by atoms with Gasteiger partial charge in [0.2, 0.25) is 5.91 Å². The molecule has 20 heavy (non-hydrogen) atoms. The molecule has 0 aliphatic carbocycles. The summed E-state index contributed by atoms with van der Waals surface area (Å²) in [7, 11) is 0. The second kappa shape index (κ2) is 4.36. The van der Waals surface area contributed by atoms with Gasteiger partial charge in [0.05, 0.1) is 11.8 Å². The Morgan fingerprint density at radius 3 is 2.75 bits per heavy atom. The van der Waals surface area contributed by atoms with Crippen LogP contribution in [0.3, 0.4) is 0 Å². The average Bonchev–Trinajstić information content (AvgIpc) is 2.89. The van der Waals surface area contributed by atoms with Gasteiger partial charge >= 0.3 is 6.18 Å². The lowest BCUT2D eigenvalue weighted by Crippen LogP contribution is -2.24. The molecule has 0 saturated carbocycles. The van der Waals surface area contributed by atoms with Gasteiger partial charge in [0.25, 0.3) is 0 Å². The first-order valence-corrected chi connectivity index (χ1v) is 5.95. The second-order valence-corrected chi connectivity index (χ2v) is 4.64. The molecule has 3 rings (SSSR count). The molecule has 4 nitrogen and oxygen atoms in total. The molecular formula is C13H10F3N3O. The number of amides is 1. The van der Waals surface area contributed by atoms with Gasteiger partial charge in [0, 0.05) is 24.2 Å². The van der Waals surface area contributed by atoms with Crippen molar-refractivity contribution >= 4 is 11.6 Å². The lowest BCUT2D eigenvalue weighted by molar-refractivity contribution is -0.137. The van der Waals surface area contributed by atoms with E-state index in [2.05, 4.69) is 15.5 Å². The van der Waals surface area contributed by atoms with Crippen LogP contribution in [0.15, 0.2) is 30.6 Å². The summed E-state index contributed by atoms with van der Waals surface area (Å²) in [5.74, 6) is -0.636. The highest BCUT2D eigenvalue weighted by atomic mass is 19.4. The first kappa shape index (κ1) is 12.7. The summed E-state index contributed by atoms with van der Waals surface area (Å²) in [4.78, 5) is 11.6. The van der Waals surface area contributed by atoms with E-state index in [0.29, 0.717) is 16.8 Å². The van der Waals surface area contributed by atoms with E-state index in [0.717, 1.165) is 12.1 Å². The van der Waals surface area contributed by atoms with E-state index >= 15 is 0 Å². The molecule has 1 aliphatic rings. The number of rotatable bonds is 1. The van der Waals surface area contributed by atoms with Crippen LogP contribution in [0.4, 0.5) is 18.9 Å². The molecule has 1 aromatic carbocycles. The average molecular weight is 281 g/mol. The van der Waals surface area contributed by atoms with E-state index in [1.807, 2.05) is 0 Å². The van der Waals surface area contributed by atoms with Crippen LogP contribution in [0.25, 0.3) is 0 Å². The van der Waals surface area contributed by atoms with Crippen molar-refractivity contribution in [3.05, 3.63) is 47.3 Å². The van der Waals surface area contributed by atoms with Crippen molar-refractivity contribution in [1.82, 2.24) is 10.2 Å². The number of halogens is 3. The molecule has 1 aliphatic heterocycles. The zero-order valence-corrected chi connectivity index (χ0v) is 10.2. The highest BCUT2D eigenvalue weighted by Gasteiger charge is 2.34. The molecule has 1 atom stereocenters. The number of H-pyrrole nitrogens is 1. The summed E-state index contributed by atoms with van der Waals surface area (Å²) in [6.07, 6.45) is -1.19. The standard InChI is InChI=1S/C13H10F3N3O/c14-13(15,16)8-1-2-11-10(3-8)9(4-12(20)19-11)7-5-17-18-6-7/h1-3,5-6,9H,4H2,(H,17,18)(H,19,20). The number of fused-ring (bicyclic) bond motifs is 1. The molecule has 0 fully saturated rings. The van der Waals surface area contributed by atoms with E-state index < -0.39 is 17.7 Å². The van der Waals surface area contributed by atoms with Crippen LogP contribution in [0.2, 0.25) is 0 Å². The molecule has 0 saturated heterocycles. The van der Waals surface area contributed by atoms with Gasteiger partial charge in [-0.05, 0) is 29.3 Å². The van der Waals surface area contributed by atoms with E-state index in [-0.39, 0.29) is 12.3 Å². The molecule has 1 amide bonds. The first-order valence-electron chi connectivity index (χ1n) is 5.95. The fraction of sp³-hybridized carbons (Fsp3) is 0.231. The van der Waals surface area contributed by atoms with Crippen molar-refractivity contribution in [3.8, 4) is 0 Å². The van der Waals surface area contributed by atoms with Crippen LogP contribution in [-0.4, -0.2) is 16.1 Å². The molecule has 0 spiro atoms. The van der Waals surface area contributed by atoms with Crippen LogP contribution in [0.5, 0.6) is 0 Å². The minimum Gasteiger partial charge on any atom is -0.326 e. The van der Waals surface area contributed by atoms with Crippen LogP contribution >= 0.6 is 0 Å². The number of nitrogens with zero attached hydrogens (tertiary/aromatic N) is 1. The van der Waals surface area contributed by atoms with Crippen LogP contribution < -0.4 is 5.32 Å². The van der Waals surface area contributed by atoms with E-state index in [4.69, 9.17) is 0 Å². The monoisotopic (exact) mass is 281 g/mol. The van der Waals surface area contributed by atoms with Crippen molar-refractivity contribution < 1.29 is 18.0 Å². The van der Waals surface area contributed by atoms with Gasteiger partial charge in [-0.3, -0.25) is 9.89 Å². The Bertz CT molecular complexity index is 649. The van der Waals surface area contributed by atoms with Crippen LogP contribution in [0, 0.1) is 0 Å². The van der Waals surface area contributed by atoms with Crippen LogP contribution in [0.1, 0.15) is 29.0 Å². The fourth-order valence-corrected chi connectivity index (χ4v) is 2.39. The smallest absolute Gasteiger partial charge is 0.326 e. The number of hydrogen-bond donors (Lipinski definition) is 2. The molecule has 104 valence electrons. The van der Waals surface area contributed by atoms with Crippen molar-refractivity contribution in [3.63, 3.8) is 0 Å². The number of carbonyl (C=O) groups excluding carboxylic acids is 1. The highest BCUT2D eigenvalue weighted by molar-refractivity contribution is 5.95.